The summed E-state index contributed by atoms with van der Waals surface area (Å²) in [6.45, 7) is 8.52. The molecule has 2 nitrogen and oxygen atoms in total. The lowest BCUT2D eigenvalue weighted by molar-refractivity contribution is 0.425. The highest BCUT2D eigenvalue weighted by molar-refractivity contribution is 7.98. The van der Waals surface area contributed by atoms with Gasteiger partial charge in [-0.3, -0.25) is 0 Å². The van der Waals surface area contributed by atoms with Gasteiger partial charge >= 0.3 is 0 Å². The van der Waals surface area contributed by atoms with E-state index >= 15 is 0 Å². The van der Waals surface area contributed by atoms with Gasteiger partial charge in [0.05, 0.1) is 0 Å². The summed E-state index contributed by atoms with van der Waals surface area (Å²) in [6.07, 6.45) is 5.62. The molecule has 0 bridgehead atoms. The van der Waals surface area contributed by atoms with Crippen LogP contribution in [0, 0.1) is 0 Å². The number of nitrogens with one attached hydrogen (secondary N) is 1. The second-order valence-electron chi connectivity index (χ2n) is 6.46. The molecule has 2 aromatic rings. The highest BCUT2D eigenvalue weighted by atomic mass is 35.5. The molecule has 1 aromatic heterocycles. The predicted octanol–water partition coefficient (Wildman–Crippen LogP) is 4.94. The Morgan fingerprint density at radius 2 is 2.05 bits per heavy atom. The topological polar surface area (TPSA) is 17.0 Å². The number of aromatic nitrogens is 1. The Morgan fingerprint density at radius 1 is 1.29 bits per heavy atom. The average Bonchev–Trinajstić information content (AvgIpc) is 2.74. The molecular weight excluding hydrogens is 300 g/mol. The van der Waals surface area contributed by atoms with Gasteiger partial charge in [-0.15, -0.1) is 0 Å². The summed E-state index contributed by atoms with van der Waals surface area (Å²) >= 11 is 8.08. The Labute approximate surface area is 137 Å². The minimum Gasteiger partial charge on any atom is -0.347 e. The van der Waals surface area contributed by atoms with Gasteiger partial charge in [0.25, 0.3) is 0 Å². The van der Waals surface area contributed by atoms with Crippen LogP contribution in [-0.2, 0) is 13.1 Å². The molecule has 1 aromatic carbocycles. The lowest BCUT2D eigenvalue weighted by Crippen LogP contribution is -2.34. The molecule has 1 heterocycles. The molecule has 0 aliphatic rings. The van der Waals surface area contributed by atoms with Crippen LogP contribution in [0.15, 0.2) is 24.4 Å². The third-order valence-electron chi connectivity index (χ3n) is 3.48. The van der Waals surface area contributed by atoms with Crippen LogP contribution in [0.4, 0.5) is 0 Å². The zero-order valence-electron chi connectivity index (χ0n) is 13.4. The van der Waals surface area contributed by atoms with Crippen LogP contribution in [0.25, 0.3) is 10.9 Å². The van der Waals surface area contributed by atoms with E-state index in [1.165, 1.54) is 28.6 Å². The normalized spacial score (nSPS) is 12.2. The summed E-state index contributed by atoms with van der Waals surface area (Å²) in [5.74, 6) is 1.19. The number of benzene rings is 1. The van der Waals surface area contributed by atoms with Crippen molar-refractivity contribution in [1.29, 1.82) is 0 Å². The zero-order valence-corrected chi connectivity index (χ0v) is 14.9. The van der Waals surface area contributed by atoms with Gasteiger partial charge in [-0.2, -0.15) is 11.8 Å². The number of thioether (sulfide) groups is 1. The zero-order chi connectivity index (χ0) is 15.5. The number of hydrogen-bond donors (Lipinski definition) is 1. The fourth-order valence-electron chi connectivity index (χ4n) is 2.41. The number of fused-ring (bicyclic) bond motifs is 1. The van der Waals surface area contributed by atoms with E-state index in [0.29, 0.717) is 0 Å². The van der Waals surface area contributed by atoms with E-state index in [9.17, 15) is 0 Å². The molecule has 0 aliphatic heterocycles. The lowest BCUT2D eigenvalue weighted by Gasteiger charge is -2.20. The first-order valence-corrected chi connectivity index (χ1v) is 9.19. The molecule has 0 fully saturated rings. The molecule has 1 N–H and O–H groups in total. The molecule has 0 atom stereocenters. The van der Waals surface area contributed by atoms with Crippen molar-refractivity contribution in [2.45, 2.75) is 45.8 Å². The number of rotatable bonds is 6. The Morgan fingerprint density at radius 3 is 2.71 bits per heavy atom. The first kappa shape index (κ1) is 16.7. The summed E-state index contributed by atoms with van der Waals surface area (Å²) in [6, 6.07) is 6.20. The van der Waals surface area contributed by atoms with Crippen molar-refractivity contribution in [3.8, 4) is 0 Å². The highest BCUT2D eigenvalue weighted by Gasteiger charge is 2.13. The lowest BCUT2D eigenvalue weighted by atomic mass is 10.1. The van der Waals surface area contributed by atoms with Crippen molar-refractivity contribution in [3.63, 3.8) is 0 Å². The predicted molar refractivity (Wildman–Crippen MR) is 96.5 cm³/mol. The molecular formula is C17H25ClN2S. The van der Waals surface area contributed by atoms with Crippen LogP contribution >= 0.6 is 23.4 Å². The van der Waals surface area contributed by atoms with Gasteiger partial charge in [-0.1, -0.05) is 17.7 Å². The Kier molecular flexibility index (Phi) is 5.64. The van der Waals surface area contributed by atoms with Gasteiger partial charge < -0.3 is 9.88 Å². The third kappa shape index (κ3) is 4.67. The van der Waals surface area contributed by atoms with Crippen molar-refractivity contribution < 1.29 is 0 Å². The molecule has 0 aliphatic carbocycles. The van der Waals surface area contributed by atoms with E-state index in [2.05, 4.69) is 55.2 Å². The first-order valence-electron chi connectivity index (χ1n) is 7.42. The summed E-state index contributed by atoms with van der Waals surface area (Å²) in [5, 5.41) is 5.69. The molecule has 4 heteroatoms. The van der Waals surface area contributed by atoms with Crippen LogP contribution in [0.5, 0.6) is 0 Å². The van der Waals surface area contributed by atoms with Crippen LogP contribution < -0.4 is 5.32 Å². The molecule has 0 saturated heterocycles. The van der Waals surface area contributed by atoms with Crippen LogP contribution in [0.1, 0.15) is 32.8 Å². The minimum absolute atomic E-state index is 0.125. The number of hydrogen-bond acceptors (Lipinski definition) is 2. The van der Waals surface area contributed by atoms with Crippen molar-refractivity contribution in [2.75, 3.05) is 12.0 Å². The third-order valence-corrected chi connectivity index (χ3v) is 4.42. The fourth-order valence-corrected chi connectivity index (χ4v) is 2.99. The van der Waals surface area contributed by atoms with Gasteiger partial charge in [0.15, 0.2) is 0 Å². The Balaban J connectivity index is 2.28. The summed E-state index contributed by atoms with van der Waals surface area (Å²) in [5.41, 5.74) is 2.72. The molecule has 0 radical (unpaired) electrons. The summed E-state index contributed by atoms with van der Waals surface area (Å²) in [4.78, 5) is 0. The second-order valence-corrected chi connectivity index (χ2v) is 7.88. The fraction of sp³-hybridized carbons (Fsp3) is 0.529. The number of nitrogens with zero attached hydrogens (tertiary/aromatic N) is 1. The van der Waals surface area contributed by atoms with E-state index in [1.807, 2.05) is 17.8 Å². The van der Waals surface area contributed by atoms with Crippen LogP contribution in [-0.4, -0.2) is 22.1 Å². The molecule has 2 rings (SSSR count). The van der Waals surface area contributed by atoms with Crippen molar-refractivity contribution in [3.05, 3.63) is 35.0 Å². The second kappa shape index (κ2) is 7.08. The van der Waals surface area contributed by atoms with Gasteiger partial charge in [0.2, 0.25) is 0 Å². The maximum Gasteiger partial charge on any atom is 0.0498 e. The van der Waals surface area contributed by atoms with Gasteiger partial charge in [-0.05, 0) is 56.9 Å². The number of aryl methyl sites for hydroxylation is 1. The maximum absolute atomic E-state index is 6.18. The summed E-state index contributed by atoms with van der Waals surface area (Å²) in [7, 11) is 0. The van der Waals surface area contributed by atoms with E-state index in [0.717, 1.165) is 18.1 Å². The minimum atomic E-state index is 0.125. The maximum atomic E-state index is 6.18. The van der Waals surface area contributed by atoms with Crippen molar-refractivity contribution in [1.82, 2.24) is 9.88 Å². The highest BCUT2D eigenvalue weighted by Crippen LogP contribution is 2.25. The van der Waals surface area contributed by atoms with Gasteiger partial charge in [0, 0.05) is 40.8 Å². The molecule has 21 heavy (non-hydrogen) atoms. The van der Waals surface area contributed by atoms with Gasteiger partial charge in [-0.25, -0.2) is 0 Å². The number of halogens is 1. The summed E-state index contributed by atoms with van der Waals surface area (Å²) < 4.78 is 2.34. The van der Waals surface area contributed by atoms with Crippen LogP contribution in [0.3, 0.4) is 0 Å². The van der Waals surface area contributed by atoms with Gasteiger partial charge in [0.1, 0.15) is 0 Å². The average molecular weight is 325 g/mol. The van der Waals surface area contributed by atoms with E-state index in [1.54, 1.807) is 0 Å². The molecule has 0 unspecified atom stereocenters. The quantitative estimate of drug-likeness (QED) is 0.758. The molecule has 0 saturated carbocycles. The Bertz CT molecular complexity index is 599. The van der Waals surface area contributed by atoms with Crippen molar-refractivity contribution >= 4 is 34.3 Å². The molecule has 0 amide bonds. The van der Waals surface area contributed by atoms with E-state index in [-0.39, 0.29) is 5.54 Å². The standard InChI is InChI=1S/C17H25ClN2S/c1-17(2,3)19-11-13-12-20(8-5-9-21-4)16-10-14(18)6-7-15(13)16/h6-7,10,12,19H,5,8-9,11H2,1-4H3. The SMILES string of the molecule is CSCCCn1cc(CNC(C)(C)C)c2ccc(Cl)cc21. The van der Waals surface area contributed by atoms with Crippen molar-refractivity contribution in [2.24, 2.45) is 0 Å². The molecule has 0 spiro atoms. The first-order chi connectivity index (χ1) is 9.90. The molecule has 116 valence electrons. The Hall–Kier alpha value is -0.640. The monoisotopic (exact) mass is 324 g/mol. The van der Waals surface area contributed by atoms with Crippen LogP contribution in [0.2, 0.25) is 5.02 Å². The smallest absolute Gasteiger partial charge is 0.0498 e. The van der Waals surface area contributed by atoms with E-state index < -0.39 is 0 Å². The van der Waals surface area contributed by atoms with E-state index in [4.69, 9.17) is 11.6 Å². The largest absolute Gasteiger partial charge is 0.347 e.